The summed E-state index contributed by atoms with van der Waals surface area (Å²) in [5.41, 5.74) is 0. The van der Waals surface area contributed by atoms with E-state index in [-0.39, 0.29) is 11.8 Å². The van der Waals surface area contributed by atoms with Gasteiger partial charge in [-0.2, -0.15) is 0 Å². The molecule has 5 heteroatoms. The van der Waals surface area contributed by atoms with Crippen LogP contribution in [0.2, 0.25) is 0 Å². The lowest BCUT2D eigenvalue weighted by Crippen LogP contribution is -2.52. The number of nitrogens with zero attached hydrogens (tertiary/aromatic N) is 2. The zero-order valence-corrected chi connectivity index (χ0v) is 12.2. The zero-order valence-electron chi connectivity index (χ0n) is 11.3. The topological polar surface area (TPSA) is 40.6 Å². The Morgan fingerprint density at radius 1 is 1.21 bits per heavy atom. The van der Waals surface area contributed by atoms with Crippen LogP contribution >= 0.6 is 11.8 Å². The first kappa shape index (κ1) is 13.3. The summed E-state index contributed by atoms with van der Waals surface area (Å²) in [6.45, 7) is 1.20. The molecule has 3 fully saturated rings. The van der Waals surface area contributed by atoms with Crippen molar-refractivity contribution in [2.24, 2.45) is 5.92 Å². The molecule has 0 bridgehead atoms. The molecule has 0 aromatic heterocycles. The van der Waals surface area contributed by atoms with Gasteiger partial charge in [-0.05, 0) is 31.6 Å². The van der Waals surface area contributed by atoms with Crippen LogP contribution in [0.4, 0.5) is 0 Å². The summed E-state index contributed by atoms with van der Waals surface area (Å²) < 4.78 is 0. The summed E-state index contributed by atoms with van der Waals surface area (Å²) in [7, 11) is 0. The number of carbonyl (C=O) groups excluding carboxylic acids is 2. The van der Waals surface area contributed by atoms with Crippen molar-refractivity contribution in [1.82, 2.24) is 9.80 Å². The summed E-state index contributed by atoms with van der Waals surface area (Å²) in [6.07, 6.45) is 7.45. The first-order valence-electron chi connectivity index (χ1n) is 7.40. The van der Waals surface area contributed by atoms with E-state index in [0.717, 1.165) is 18.9 Å². The lowest BCUT2D eigenvalue weighted by atomic mass is 9.78. The SMILES string of the molecule is O=C1CSCN1CC(=O)N1CCCC2CCCCC21. The summed E-state index contributed by atoms with van der Waals surface area (Å²) in [5, 5.41) is 0. The first-order chi connectivity index (χ1) is 9.25. The molecular formula is C14H22N2O2S. The predicted octanol–water partition coefficient (Wildman–Crippen LogP) is 1.70. The van der Waals surface area contributed by atoms with E-state index >= 15 is 0 Å². The number of likely N-dealkylation sites (tertiary alicyclic amines) is 1. The third kappa shape index (κ3) is 2.76. The van der Waals surface area contributed by atoms with Crippen molar-refractivity contribution in [2.75, 3.05) is 24.7 Å². The highest BCUT2D eigenvalue weighted by Crippen LogP contribution is 2.35. The normalized spacial score (nSPS) is 31.5. The Hall–Kier alpha value is -0.710. The van der Waals surface area contributed by atoms with E-state index in [1.807, 2.05) is 0 Å². The Morgan fingerprint density at radius 2 is 2.00 bits per heavy atom. The maximum atomic E-state index is 12.5. The van der Waals surface area contributed by atoms with Gasteiger partial charge in [-0.3, -0.25) is 9.59 Å². The summed E-state index contributed by atoms with van der Waals surface area (Å²) >= 11 is 1.61. The number of rotatable bonds is 2. The summed E-state index contributed by atoms with van der Waals surface area (Å²) in [6, 6.07) is 0.459. The van der Waals surface area contributed by atoms with Gasteiger partial charge < -0.3 is 9.80 Å². The Balaban J connectivity index is 1.63. The van der Waals surface area contributed by atoms with Gasteiger partial charge in [0.1, 0.15) is 6.54 Å². The van der Waals surface area contributed by atoms with Crippen molar-refractivity contribution in [3.63, 3.8) is 0 Å². The number of carbonyl (C=O) groups is 2. The highest BCUT2D eigenvalue weighted by atomic mass is 32.2. The maximum absolute atomic E-state index is 12.5. The summed E-state index contributed by atoms with van der Waals surface area (Å²) in [5.74, 6) is 2.24. The van der Waals surface area contributed by atoms with Gasteiger partial charge in [0.05, 0.1) is 11.6 Å². The lowest BCUT2D eigenvalue weighted by Gasteiger charge is -2.44. The van der Waals surface area contributed by atoms with Gasteiger partial charge in [-0.25, -0.2) is 0 Å². The van der Waals surface area contributed by atoms with Gasteiger partial charge in [0.25, 0.3) is 0 Å². The van der Waals surface area contributed by atoms with Crippen LogP contribution in [0.15, 0.2) is 0 Å². The lowest BCUT2D eigenvalue weighted by molar-refractivity contribution is -0.142. The molecule has 2 unspecified atom stereocenters. The molecule has 0 spiro atoms. The van der Waals surface area contributed by atoms with E-state index in [1.165, 1.54) is 32.1 Å². The molecule has 0 N–H and O–H groups in total. The van der Waals surface area contributed by atoms with Gasteiger partial charge in [0.15, 0.2) is 0 Å². The molecule has 19 heavy (non-hydrogen) atoms. The van der Waals surface area contributed by atoms with E-state index in [2.05, 4.69) is 4.90 Å². The van der Waals surface area contributed by atoms with Crippen molar-refractivity contribution >= 4 is 23.6 Å². The average Bonchev–Trinajstić information content (AvgIpc) is 2.83. The van der Waals surface area contributed by atoms with Crippen LogP contribution in [0.25, 0.3) is 0 Å². The molecule has 2 saturated heterocycles. The van der Waals surface area contributed by atoms with Crippen molar-refractivity contribution in [1.29, 1.82) is 0 Å². The maximum Gasteiger partial charge on any atom is 0.242 e. The van der Waals surface area contributed by atoms with Crippen LogP contribution in [0, 0.1) is 5.92 Å². The van der Waals surface area contributed by atoms with Gasteiger partial charge in [-0.1, -0.05) is 12.8 Å². The van der Waals surface area contributed by atoms with Crippen LogP contribution in [0.1, 0.15) is 38.5 Å². The number of thioether (sulfide) groups is 1. The second-order valence-electron chi connectivity index (χ2n) is 5.91. The number of hydrogen-bond acceptors (Lipinski definition) is 3. The molecular weight excluding hydrogens is 260 g/mol. The van der Waals surface area contributed by atoms with E-state index in [1.54, 1.807) is 16.7 Å². The molecule has 3 rings (SSSR count). The Morgan fingerprint density at radius 3 is 2.79 bits per heavy atom. The van der Waals surface area contributed by atoms with E-state index in [4.69, 9.17) is 0 Å². The van der Waals surface area contributed by atoms with Gasteiger partial charge in [0.2, 0.25) is 11.8 Å². The molecule has 2 atom stereocenters. The second-order valence-corrected chi connectivity index (χ2v) is 6.87. The summed E-state index contributed by atoms with van der Waals surface area (Å²) in [4.78, 5) is 27.9. The molecule has 1 saturated carbocycles. The van der Waals surface area contributed by atoms with Gasteiger partial charge in [-0.15, -0.1) is 11.8 Å². The highest BCUT2D eigenvalue weighted by molar-refractivity contribution is 8.00. The largest absolute Gasteiger partial charge is 0.338 e. The highest BCUT2D eigenvalue weighted by Gasteiger charge is 2.36. The van der Waals surface area contributed by atoms with Crippen molar-refractivity contribution in [3.8, 4) is 0 Å². The molecule has 2 heterocycles. The van der Waals surface area contributed by atoms with E-state index < -0.39 is 0 Å². The quantitative estimate of drug-likeness (QED) is 0.774. The van der Waals surface area contributed by atoms with E-state index in [0.29, 0.717) is 24.2 Å². The van der Waals surface area contributed by atoms with Crippen LogP contribution in [-0.2, 0) is 9.59 Å². The number of hydrogen-bond donors (Lipinski definition) is 0. The third-order valence-corrected chi connectivity index (χ3v) is 5.66. The number of amides is 2. The Bertz CT molecular complexity index is 372. The average molecular weight is 282 g/mol. The minimum absolute atomic E-state index is 0.121. The molecule has 4 nitrogen and oxygen atoms in total. The smallest absolute Gasteiger partial charge is 0.242 e. The number of piperidine rings is 1. The molecule has 1 aliphatic carbocycles. The fourth-order valence-corrected chi connectivity index (χ4v) is 4.63. The van der Waals surface area contributed by atoms with Gasteiger partial charge in [0, 0.05) is 12.6 Å². The van der Waals surface area contributed by atoms with Gasteiger partial charge >= 0.3 is 0 Å². The van der Waals surface area contributed by atoms with Crippen LogP contribution in [0.3, 0.4) is 0 Å². The standard InChI is InChI=1S/C14H22N2O2S/c17-13(8-15-10-19-9-14(15)18)16-7-3-5-11-4-1-2-6-12(11)16/h11-12H,1-10H2. The van der Waals surface area contributed by atoms with Crippen molar-refractivity contribution in [2.45, 2.75) is 44.6 Å². The Kier molecular flexibility index (Phi) is 4.01. The van der Waals surface area contributed by atoms with Crippen LogP contribution < -0.4 is 0 Å². The van der Waals surface area contributed by atoms with Crippen LogP contribution in [0.5, 0.6) is 0 Å². The Labute approximate surface area is 118 Å². The molecule has 2 amide bonds. The van der Waals surface area contributed by atoms with Crippen LogP contribution in [-0.4, -0.2) is 52.4 Å². The van der Waals surface area contributed by atoms with E-state index in [9.17, 15) is 9.59 Å². The molecule has 2 aliphatic heterocycles. The molecule has 0 radical (unpaired) electrons. The van der Waals surface area contributed by atoms with Crippen molar-refractivity contribution in [3.05, 3.63) is 0 Å². The third-order valence-electron chi connectivity index (χ3n) is 4.72. The minimum Gasteiger partial charge on any atom is -0.338 e. The number of fused-ring (bicyclic) bond motifs is 1. The fraction of sp³-hybridized carbons (Fsp3) is 0.857. The molecule has 3 aliphatic rings. The molecule has 0 aromatic carbocycles. The fourth-order valence-electron chi connectivity index (χ4n) is 3.73. The van der Waals surface area contributed by atoms with Crippen molar-refractivity contribution < 1.29 is 9.59 Å². The monoisotopic (exact) mass is 282 g/mol. The molecule has 0 aromatic rings. The zero-order chi connectivity index (χ0) is 13.2. The minimum atomic E-state index is 0.121. The molecule has 106 valence electrons. The predicted molar refractivity (Wildman–Crippen MR) is 75.7 cm³/mol. The first-order valence-corrected chi connectivity index (χ1v) is 8.56. The second kappa shape index (κ2) is 5.73.